The third-order valence-corrected chi connectivity index (χ3v) is 4.78. The standard InChI is InChI=1S/C19H19BrN2O3/c20-16-7-5-14(6-8-16)18(24)21-9-2-10-22(12-11-21)19(25)15-3-1-4-17(23)13-15/h1,3-8,13,23H,2,9-12H2. The quantitative estimate of drug-likeness (QED) is 0.838. The first-order valence-electron chi connectivity index (χ1n) is 8.18. The van der Waals surface area contributed by atoms with Crippen LogP contribution in [0, 0.1) is 0 Å². The molecule has 1 fully saturated rings. The van der Waals surface area contributed by atoms with E-state index in [0.717, 1.165) is 10.9 Å². The molecule has 1 aliphatic rings. The van der Waals surface area contributed by atoms with Gasteiger partial charge in [0.05, 0.1) is 0 Å². The maximum Gasteiger partial charge on any atom is 0.254 e. The van der Waals surface area contributed by atoms with E-state index < -0.39 is 0 Å². The summed E-state index contributed by atoms with van der Waals surface area (Å²) in [5, 5.41) is 9.55. The zero-order chi connectivity index (χ0) is 17.8. The van der Waals surface area contributed by atoms with Crippen molar-refractivity contribution < 1.29 is 14.7 Å². The Balaban J connectivity index is 1.67. The lowest BCUT2D eigenvalue weighted by Crippen LogP contribution is -2.37. The summed E-state index contributed by atoms with van der Waals surface area (Å²) in [6, 6.07) is 13.7. The number of nitrogens with zero attached hydrogens (tertiary/aromatic N) is 2. The largest absolute Gasteiger partial charge is 0.508 e. The number of halogens is 1. The highest BCUT2D eigenvalue weighted by Crippen LogP contribution is 2.16. The van der Waals surface area contributed by atoms with Crippen LogP contribution in [0.4, 0.5) is 0 Å². The average molecular weight is 403 g/mol. The van der Waals surface area contributed by atoms with Gasteiger partial charge in [-0.15, -0.1) is 0 Å². The van der Waals surface area contributed by atoms with Gasteiger partial charge in [0.25, 0.3) is 11.8 Å². The third-order valence-electron chi connectivity index (χ3n) is 4.25. The summed E-state index contributed by atoms with van der Waals surface area (Å²) in [4.78, 5) is 28.8. The molecule has 0 unspecified atom stereocenters. The van der Waals surface area contributed by atoms with Gasteiger partial charge in [0.2, 0.25) is 0 Å². The van der Waals surface area contributed by atoms with Crippen molar-refractivity contribution in [2.75, 3.05) is 26.2 Å². The van der Waals surface area contributed by atoms with E-state index in [0.29, 0.717) is 37.3 Å². The first-order valence-corrected chi connectivity index (χ1v) is 8.97. The molecule has 2 aromatic rings. The summed E-state index contributed by atoms with van der Waals surface area (Å²) in [5.74, 6) is -0.0549. The highest BCUT2D eigenvalue weighted by molar-refractivity contribution is 9.10. The Kier molecular flexibility index (Phi) is 5.38. The van der Waals surface area contributed by atoms with Crippen LogP contribution in [-0.2, 0) is 0 Å². The van der Waals surface area contributed by atoms with Crippen molar-refractivity contribution in [1.29, 1.82) is 0 Å². The van der Waals surface area contributed by atoms with Crippen LogP contribution in [0.1, 0.15) is 27.1 Å². The van der Waals surface area contributed by atoms with Gasteiger partial charge in [-0.2, -0.15) is 0 Å². The van der Waals surface area contributed by atoms with E-state index in [1.807, 2.05) is 12.1 Å². The molecule has 6 heteroatoms. The number of aromatic hydroxyl groups is 1. The molecule has 2 aromatic carbocycles. The van der Waals surface area contributed by atoms with Crippen molar-refractivity contribution >= 4 is 27.7 Å². The van der Waals surface area contributed by atoms with Crippen molar-refractivity contribution in [3.8, 4) is 5.75 Å². The maximum atomic E-state index is 12.6. The molecule has 1 heterocycles. The second-order valence-corrected chi connectivity index (χ2v) is 6.91. The third kappa shape index (κ3) is 4.20. The van der Waals surface area contributed by atoms with Crippen LogP contribution < -0.4 is 0 Å². The Bertz CT molecular complexity index is 776. The average Bonchev–Trinajstić information content (AvgIpc) is 2.87. The highest BCUT2D eigenvalue weighted by Gasteiger charge is 2.23. The molecule has 0 radical (unpaired) electrons. The van der Waals surface area contributed by atoms with Crippen LogP contribution in [-0.4, -0.2) is 52.9 Å². The number of carbonyl (C=O) groups excluding carboxylic acids is 2. The molecule has 0 aromatic heterocycles. The van der Waals surface area contributed by atoms with Gasteiger partial charge in [-0.25, -0.2) is 0 Å². The van der Waals surface area contributed by atoms with Crippen molar-refractivity contribution in [3.63, 3.8) is 0 Å². The first kappa shape index (κ1) is 17.5. The van der Waals surface area contributed by atoms with Crippen LogP contribution >= 0.6 is 15.9 Å². The molecule has 1 saturated heterocycles. The summed E-state index contributed by atoms with van der Waals surface area (Å²) in [5.41, 5.74) is 1.11. The Labute approximate surface area is 155 Å². The number of phenols is 1. The number of carbonyl (C=O) groups is 2. The SMILES string of the molecule is O=C(c1ccc(Br)cc1)N1CCCN(C(=O)c2cccc(O)c2)CC1. The van der Waals surface area contributed by atoms with Crippen LogP contribution in [0.2, 0.25) is 0 Å². The van der Waals surface area contributed by atoms with Gasteiger partial charge < -0.3 is 14.9 Å². The second-order valence-electron chi connectivity index (χ2n) is 6.00. The minimum absolute atomic E-state index is 0.0147. The number of benzene rings is 2. The Hall–Kier alpha value is -2.34. The van der Waals surface area contributed by atoms with E-state index in [9.17, 15) is 14.7 Å². The van der Waals surface area contributed by atoms with E-state index in [1.165, 1.54) is 12.1 Å². The van der Waals surface area contributed by atoms with Gasteiger partial charge in [-0.1, -0.05) is 22.0 Å². The molecule has 3 rings (SSSR count). The van der Waals surface area contributed by atoms with Crippen LogP contribution in [0.3, 0.4) is 0 Å². The minimum atomic E-state index is -0.117. The van der Waals surface area contributed by atoms with E-state index in [-0.39, 0.29) is 17.6 Å². The van der Waals surface area contributed by atoms with Gasteiger partial charge in [0.15, 0.2) is 0 Å². The normalized spacial score (nSPS) is 14.9. The van der Waals surface area contributed by atoms with Crippen molar-refractivity contribution in [1.82, 2.24) is 9.80 Å². The van der Waals surface area contributed by atoms with Crippen LogP contribution in [0.5, 0.6) is 5.75 Å². The Morgan fingerprint density at radius 1 is 0.840 bits per heavy atom. The number of hydrogen-bond donors (Lipinski definition) is 1. The van der Waals surface area contributed by atoms with Crippen LogP contribution in [0.25, 0.3) is 0 Å². The van der Waals surface area contributed by atoms with Gasteiger partial charge in [-0.05, 0) is 48.9 Å². The van der Waals surface area contributed by atoms with Crippen molar-refractivity contribution in [2.45, 2.75) is 6.42 Å². The summed E-state index contributed by atoms with van der Waals surface area (Å²) in [6.45, 7) is 2.20. The predicted molar refractivity (Wildman–Crippen MR) is 98.7 cm³/mol. The van der Waals surface area contributed by atoms with Gasteiger partial charge in [-0.3, -0.25) is 9.59 Å². The zero-order valence-corrected chi connectivity index (χ0v) is 15.3. The molecule has 0 atom stereocenters. The molecule has 2 amide bonds. The molecule has 1 N–H and O–H groups in total. The Morgan fingerprint density at radius 2 is 1.44 bits per heavy atom. The summed E-state index contributed by atoms with van der Waals surface area (Å²) in [7, 11) is 0. The van der Waals surface area contributed by atoms with E-state index in [4.69, 9.17) is 0 Å². The van der Waals surface area contributed by atoms with Crippen molar-refractivity contribution in [3.05, 3.63) is 64.1 Å². The molecule has 0 saturated carbocycles. The summed E-state index contributed by atoms with van der Waals surface area (Å²) in [6.07, 6.45) is 0.729. The maximum absolute atomic E-state index is 12.6. The number of phenolic OH excluding ortho intramolecular Hbond substituents is 1. The lowest BCUT2D eigenvalue weighted by Gasteiger charge is -2.22. The monoisotopic (exact) mass is 402 g/mol. The number of amides is 2. The van der Waals surface area contributed by atoms with Gasteiger partial charge >= 0.3 is 0 Å². The molecule has 0 aliphatic carbocycles. The fourth-order valence-electron chi connectivity index (χ4n) is 2.92. The first-order chi connectivity index (χ1) is 12.0. The lowest BCUT2D eigenvalue weighted by molar-refractivity contribution is 0.0718. The fraction of sp³-hybridized carbons (Fsp3) is 0.263. The Morgan fingerprint density at radius 3 is 2.04 bits per heavy atom. The highest BCUT2D eigenvalue weighted by atomic mass is 79.9. The van der Waals surface area contributed by atoms with E-state index in [1.54, 1.807) is 34.1 Å². The molecular formula is C19H19BrN2O3. The van der Waals surface area contributed by atoms with Gasteiger partial charge in [0, 0.05) is 41.8 Å². The lowest BCUT2D eigenvalue weighted by atomic mass is 10.2. The molecule has 1 aliphatic heterocycles. The smallest absolute Gasteiger partial charge is 0.254 e. The molecule has 25 heavy (non-hydrogen) atoms. The second kappa shape index (κ2) is 7.70. The van der Waals surface area contributed by atoms with Crippen molar-refractivity contribution in [2.24, 2.45) is 0 Å². The summed E-state index contributed by atoms with van der Waals surface area (Å²) >= 11 is 3.37. The number of rotatable bonds is 2. The fourth-order valence-corrected chi connectivity index (χ4v) is 3.18. The van der Waals surface area contributed by atoms with Crippen LogP contribution in [0.15, 0.2) is 53.0 Å². The molecule has 130 valence electrons. The number of hydrogen-bond acceptors (Lipinski definition) is 3. The predicted octanol–water partition coefficient (Wildman–Crippen LogP) is 3.14. The summed E-state index contributed by atoms with van der Waals surface area (Å²) < 4.78 is 0.933. The topological polar surface area (TPSA) is 60.9 Å². The minimum Gasteiger partial charge on any atom is -0.508 e. The molecule has 0 spiro atoms. The van der Waals surface area contributed by atoms with Gasteiger partial charge in [0.1, 0.15) is 5.75 Å². The van der Waals surface area contributed by atoms with E-state index in [2.05, 4.69) is 15.9 Å². The zero-order valence-electron chi connectivity index (χ0n) is 13.7. The molecular weight excluding hydrogens is 384 g/mol. The molecule has 5 nitrogen and oxygen atoms in total. The van der Waals surface area contributed by atoms with E-state index >= 15 is 0 Å². The molecule has 0 bridgehead atoms.